The molecule has 0 fully saturated rings. The van der Waals surface area contributed by atoms with Crippen LogP contribution >= 0.6 is 27.5 Å². The Bertz CT molecular complexity index is 636. The number of rotatable bonds is 5. The topological polar surface area (TPSA) is 42.1 Å². The van der Waals surface area contributed by atoms with Crippen LogP contribution in [-0.4, -0.2) is 17.6 Å². The van der Waals surface area contributed by atoms with E-state index in [0.717, 1.165) is 39.5 Å². The SMILES string of the molecule is CCCCOC(=O)Cc1c(C)[nH]c2c(Br)ccc(Cl)c12. The van der Waals surface area contributed by atoms with E-state index in [1.807, 2.05) is 19.1 Å². The fraction of sp³-hybridized carbons (Fsp3) is 0.400. The molecule has 0 aliphatic carbocycles. The van der Waals surface area contributed by atoms with Gasteiger partial charge in [-0.15, -0.1) is 0 Å². The van der Waals surface area contributed by atoms with E-state index in [9.17, 15) is 4.79 Å². The molecule has 1 heterocycles. The molecular weight excluding hydrogens is 342 g/mol. The van der Waals surface area contributed by atoms with Crippen LogP contribution in [0.4, 0.5) is 0 Å². The Hall–Kier alpha value is -1.00. The van der Waals surface area contributed by atoms with Gasteiger partial charge in [-0.2, -0.15) is 0 Å². The number of aryl methyl sites for hydroxylation is 1. The zero-order valence-electron chi connectivity index (χ0n) is 11.6. The number of esters is 1. The van der Waals surface area contributed by atoms with E-state index in [0.29, 0.717) is 11.6 Å². The molecule has 0 bridgehead atoms. The third-order valence-electron chi connectivity index (χ3n) is 3.25. The Labute approximate surface area is 131 Å². The summed E-state index contributed by atoms with van der Waals surface area (Å²) in [6.07, 6.45) is 2.15. The molecule has 3 nitrogen and oxygen atoms in total. The number of halogens is 2. The lowest BCUT2D eigenvalue weighted by atomic mass is 10.1. The molecule has 0 amide bonds. The van der Waals surface area contributed by atoms with Crippen molar-refractivity contribution in [2.24, 2.45) is 0 Å². The zero-order chi connectivity index (χ0) is 14.7. The second-order valence-electron chi connectivity index (χ2n) is 4.76. The van der Waals surface area contributed by atoms with E-state index >= 15 is 0 Å². The molecule has 108 valence electrons. The van der Waals surface area contributed by atoms with Crippen LogP contribution in [0.3, 0.4) is 0 Å². The van der Waals surface area contributed by atoms with Crippen molar-refractivity contribution in [1.29, 1.82) is 0 Å². The molecule has 2 aromatic rings. The van der Waals surface area contributed by atoms with Crippen LogP contribution in [0, 0.1) is 6.92 Å². The summed E-state index contributed by atoms with van der Waals surface area (Å²) in [7, 11) is 0. The fourth-order valence-corrected chi connectivity index (χ4v) is 2.87. The molecule has 0 saturated carbocycles. The molecule has 0 aliphatic heterocycles. The monoisotopic (exact) mass is 357 g/mol. The zero-order valence-corrected chi connectivity index (χ0v) is 13.9. The van der Waals surface area contributed by atoms with E-state index in [4.69, 9.17) is 16.3 Å². The van der Waals surface area contributed by atoms with Crippen LogP contribution in [-0.2, 0) is 16.0 Å². The van der Waals surface area contributed by atoms with Crippen molar-refractivity contribution < 1.29 is 9.53 Å². The van der Waals surface area contributed by atoms with Crippen molar-refractivity contribution in [2.45, 2.75) is 33.1 Å². The highest BCUT2D eigenvalue weighted by Crippen LogP contribution is 2.34. The first-order valence-corrected chi connectivity index (χ1v) is 7.82. The maximum atomic E-state index is 11.9. The first kappa shape index (κ1) is 15.4. The maximum Gasteiger partial charge on any atom is 0.310 e. The molecule has 0 spiro atoms. The summed E-state index contributed by atoms with van der Waals surface area (Å²) in [6.45, 7) is 4.49. The van der Waals surface area contributed by atoms with E-state index in [1.54, 1.807) is 0 Å². The molecule has 0 aliphatic rings. The largest absolute Gasteiger partial charge is 0.465 e. The average Bonchev–Trinajstić information content (AvgIpc) is 2.73. The minimum absolute atomic E-state index is 0.210. The Morgan fingerprint density at radius 3 is 2.90 bits per heavy atom. The number of ether oxygens (including phenoxy) is 1. The quantitative estimate of drug-likeness (QED) is 0.617. The molecule has 1 aromatic carbocycles. The van der Waals surface area contributed by atoms with Crippen molar-refractivity contribution >= 4 is 44.4 Å². The number of hydrogen-bond donors (Lipinski definition) is 1. The summed E-state index contributed by atoms with van der Waals surface area (Å²) in [6, 6.07) is 3.72. The number of carbonyl (C=O) groups excluding carboxylic acids is 1. The number of nitrogens with one attached hydrogen (secondary N) is 1. The summed E-state index contributed by atoms with van der Waals surface area (Å²) in [5.41, 5.74) is 2.78. The molecule has 0 unspecified atom stereocenters. The summed E-state index contributed by atoms with van der Waals surface area (Å²) in [5, 5.41) is 1.54. The molecular formula is C15H17BrClNO2. The highest BCUT2D eigenvalue weighted by Gasteiger charge is 2.17. The summed E-state index contributed by atoms with van der Waals surface area (Å²) >= 11 is 9.75. The molecule has 0 radical (unpaired) electrons. The molecule has 5 heteroatoms. The van der Waals surface area contributed by atoms with Crippen LogP contribution in [0.15, 0.2) is 16.6 Å². The summed E-state index contributed by atoms with van der Waals surface area (Å²) in [4.78, 5) is 15.2. The Morgan fingerprint density at radius 1 is 1.45 bits per heavy atom. The van der Waals surface area contributed by atoms with Crippen LogP contribution < -0.4 is 0 Å². The number of hydrogen-bond acceptors (Lipinski definition) is 2. The lowest BCUT2D eigenvalue weighted by Crippen LogP contribution is -2.09. The van der Waals surface area contributed by atoms with E-state index in [-0.39, 0.29) is 12.4 Å². The second-order valence-corrected chi connectivity index (χ2v) is 6.02. The number of aromatic nitrogens is 1. The lowest BCUT2D eigenvalue weighted by molar-refractivity contribution is -0.142. The molecule has 0 saturated heterocycles. The normalized spacial score (nSPS) is 11.0. The van der Waals surface area contributed by atoms with Crippen molar-refractivity contribution in [3.8, 4) is 0 Å². The number of carbonyl (C=O) groups is 1. The third-order valence-corrected chi connectivity index (χ3v) is 4.23. The van der Waals surface area contributed by atoms with Crippen LogP contribution in [0.1, 0.15) is 31.0 Å². The highest BCUT2D eigenvalue weighted by molar-refractivity contribution is 9.10. The molecule has 1 aromatic heterocycles. The van der Waals surface area contributed by atoms with E-state index in [1.165, 1.54) is 0 Å². The maximum absolute atomic E-state index is 11.9. The van der Waals surface area contributed by atoms with Gasteiger partial charge >= 0.3 is 5.97 Å². The van der Waals surface area contributed by atoms with Gasteiger partial charge in [0.25, 0.3) is 0 Å². The average molecular weight is 359 g/mol. The summed E-state index contributed by atoms with van der Waals surface area (Å²) < 4.78 is 6.16. The van der Waals surface area contributed by atoms with Gasteiger partial charge in [-0.25, -0.2) is 0 Å². The van der Waals surface area contributed by atoms with Gasteiger partial charge in [0.2, 0.25) is 0 Å². The lowest BCUT2D eigenvalue weighted by Gasteiger charge is -2.05. The van der Waals surface area contributed by atoms with E-state index in [2.05, 4.69) is 27.8 Å². The van der Waals surface area contributed by atoms with Gasteiger partial charge in [-0.3, -0.25) is 4.79 Å². The van der Waals surface area contributed by atoms with Gasteiger partial charge in [-0.1, -0.05) is 24.9 Å². The number of H-pyrrole nitrogens is 1. The number of unbranched alkanes of at least 4 members (excludes halogenated alkanes) is 1. The number of fused-ring (bicyclic) bond motifs is 1. The summed E-state index contributed by atoms with van der Waals surface area (Å²) in [5.74, 6) is -0.210. The molecule has 1 N–H and O–H groups in total. The predicted octanol–water partition coefficient (Wildman–Crippen LogP) is 4.78. The minimum Gasteiger partial charge on any atom is -0.465 e. The Morgan fingerprint density at radius 2 is 2.20 bits per heavy atom. The van der Waals surface area contributed by atoms with Crippen molar-refractivity contribution in [3.05, 3.63) is 32.9 Å². The fourth-order valence-electron chi connectivity index (χ4n) is 2.17. The van der Waals surface area contributed by atoms with Gasteiger partial charge in [0.1, 0.15) is 0 Å². The van der Waals surface area contributed by atoms with E-state index < -0.39 is 0 Å². The van der Waals surface area contributed by atoms with Gasteiger partial charge in [-0.05, 0) is 47.0 Å². The molecule has 20 heavy (non-hydrogen) atoms. The number of benzene rings is 1. The number of aromatic amines is 1. The van der Waals surface area contributed by atoms with Gasteiger partial charge in [0.15, 0.2) is 0 Å². The Kier molecular flexibility index (Phi) is 5.11. The second kappa shape index (κ2) is 6.64. The standard InChI is InChI=1S/C15H17BrClNO2/c1-3-4-7-20-13(19)8-10-9(2)18-15-11(16)5-6-12(17)14(10)15/h5-6,18H,3-4,7-8H2,1-2H3. The van der Waals surface area contributed by atoms with Crippen LogP contribution in [0.25, 0.3) is 10.9 Å². The predicted molar refractivity (Wildman–Crippen MR) is 85.3 cm³/mol. The third kappa shape index (κ3) is 3.18. The first-order chi connectivity index (χ1) is 9.54. The van der Waals surface area contributed by atoms with Gasteiger partial charge in [0, 0.05) is 15.6 Å². The molecule has 0 atom stereocenters. The van der Waals surface area contributed by atoms with Gasteiger partial charge < -0.3 is 9.72 Å². The first-order valence-electron chi connectivity index (χ1n) is 6.65. The van der Waals surface area contributed by atoms with Crippen molar-refractivity contribution in [2.75, 3.05) is 6.61 Å². The smallest absolute Gasteiger partial charge is 0.310 e. The van der Waals surface area contributed by atoms with Crippen molar-refractivity contribution in [1.82, 2.24) is 4.98 Å². The Balaban J connectivity index is 2.28. The van der Waals surface area contributed by atoms with Gasteiger partial charge in [0.05, 0.1) is 23.6 Å². The van der Waals surface area contributed by atoms with Crippen LogP contribution in [0.2, 0.25) is 5.02 Å². The van der Waals surface area contributed by atoms with Crippen molar-refractivity contribution in [3.63, 3.8) is 0 Å². The highest BCUT2D eigenvalue weighted by atomic mass is 79.9. The minimum atomic E-state index is -0.210. The van der Waals surface area contributed by atoms with Crippen LogP contribution in [0.5, 0.6) is 0 Å². The molecule has 2 rings (SSSR count).